The maximum absolute atomic E-state index is 14.0. The molecule has 2 aliphatic rings. The van der Waals surface area contributed by atoms with Crippen molar-refractivity contribution in [1.29, 1.82) is 0 Å². The van der Waals surface area contributed by atoms with Gasteiger partial charge in [-0.05, 0) is 50.8 Å². The molecule has 174 valence electrons. The maximum atomic E-state index is 14.0. The number of halogens is 3. The lowest BCUT2D eigenvalue weighted by Gasteiger charge is -2.45. The number of hydrogen-bond acceptors (Lipinski definition) is 4. The highest BCUT2D eigenvalue weighted by molar-refractivity contribution is 6.01. The molecule has 34 heavy (non-hydrogen) atoms. The summed E-state index contributed by atoms with van der Waals surface area (Å²) in [5.41, 5.74) is 3.92. The van der Waals surface area contributed by atoms with Crippen molar-refractivity contribution in [2.75, 3.05) is 0 Å². The molecule has 2 atom stereocenters. The van der Waals surface area contributed by atoms with Gasteiger partial charge in [0.15, 0.2) is 23.1 Å². The van der Waals surface area contributed by atoms with Crippen LogP contribution >= 0.6 is 0 Å². The van der Waals surface area contributed by atoms with Gasteiger partial charge in [0.1, 0.15) is 5.56 Å². The number of aromatic nitrogens is 5. The first-order valence-electron chi connectivity index (χ1n) is 11.2. The zero-order valence-corrected chi connectivity index (χ0v) is 18.6. The fourth-order valence-electron chi connectivity index (χ4n) is 5.58. The van der Waals surface area contributed by atoms with Crippen LogP contribution in [0.15, 0.2) is 30.6 Å². The first-order valence-corrected chi connectivity index (χ1v) is 11.2. The number of carbonyl (C=O) groups excluding carboxylic acids is 1. The van der Waals surface area contributed by atoms with Gasteiger partial charge in [0.25, 0.3) is 5.91 Å². The molecular formula is C24H21F3N6O. The molecule has 1 fully saturated rings. The number of benzene rings is 1. The van der Waals surface area contributed by atoms with Crippen LogP contribution in [0.2, 0.25) is 0 Å². The van der Waals surface area contributed by atoms with Gasteiger partial charge in [-0.25, -0.2) is 22.7 Å². The van der Waals surface area contributed by atoms with E-state index in [1.54, 1.807) is 41.6 Å². The minimum Gasteiger partial charge on any atom is -0.326 e. The summed E-state index contributed by atoms with van der Waals surface area (Å²) in [7, 11) is 1.70. The van der Waals surface area contributed by atoms with Gasteiger partial charge in [-0.15, -0.1) is 0 Å². The number of amides is 1. The van der Waals surface area contributed by atoms with Crippen LogP contribution in [0, 0.1) is 24.4 Å². The smallest absolute Gasteiger partial charge is 0.260 e. The lowest BCUT2D eigenvalue weighted by atomic mass is 9.81. The molecule has 2 unspecified atom stereocenters. The summed E-state index contributed by atoms with van der Waals surface area (Å²) in [5, 5.41) is 9.11. The minimum atomic E-state index is -1.49. The molecule has 1 aromatic carbocycles. The van der Waals surface area contributed by atoms with E-state index in [-0.39, 0.29) is 23.6 Å². The molecule has 5 heterocycles. The molecule has 0 radical (unpaired) electrons. The summed E-state index contributed by atoms with van der Waals surface area (Å²) in [6, 6.07) is 3.37. The molecular weight excluding hydrogens is 445 g/mol. The molecule has 2 bridgehead atoms. The molecule has 3 aromatic heterocycles. The van der Waals surface area contributed by atoms with Gasteiger partial charge in [0.2, 0.25) is 0 Å². The second kappa shape index (κ2) is 7.41. The third-order valence-corrected chi connectivity index (χ3v) is 6.95. The first-order chi connectivity index (χ1) is 16.3. The van der Waals surface area contributed by atoms with Crippen molar-refractivity contribution in [2.45, 2.75) is 44.7 Å². The molecule has 0 N–H and O–H groups in total. The Labute approximate surface area is 192 Å². The van der Waals surface area contributed by atoms with Crippen molar-refractivity contribution < 1.29 is 18.0 Å². The SMILES string of the molecule is Cc1nn2cccnc2c1C(=O)N1C2CCCC1c1nn(C)c(-c3cc(F)c(F)c(F)c3)c1C2. The quantitative estimate of drug-likeness (QED) is 0.417. The lowest BCUT2D eigenvalue weighted by Crippen LogP contribution is -2.50. The number of nitrogens with zero attached hydrogens (tertiary/aromatic N) is 6. The minimum absolute atomic E-state index is 0.102. The van der Waals surface area contributed by atoms with E-state index in [1.165, 1.54) is 0 Å². The molecule has 7 nitrogen and oxygen atoms in total. The topological polar surface area (TPSA) is 68.3 Å². The molecule has 0 saturated carbocycles. The third-order valence-electron chi connectivity index (χ3n) is 6.95. The van der Waals surface area contributed by atoms with Crippen LogP contribution < -0.4 is 0 Å². The average Bonchev–Trinajstić information content (AvgIpc) is 3.31. The van der Waals surface area contributed by atoms with Crippen LogP contribution in [0.1, 0.15) is 52.6 Å². The fourth-order valence-corrected chi connectivity index (χ4v) is 5.58. The Hall–Kier alpha value is -3.69. The first kappa shape index (κ1) is 20.9. The van der Waals surface area contributed by atoms with E-state index in [4.69, 9.17) is 0 Å². The van der Waals surface area contributed by atoms with Crippen LogP contribution in [-0.4, -0.2) is 41.2 Å². The zero-order chi connectivity index (χ0) is 23.7. The van der Waals surface area contributed by atoms with Crippen molar-refractivity contribution >= 4 is 11.6 Å². The third kappa shape index (κ3) is 2.90. The van der Waals surface area contributed by atoms with E-state index in [1.807, 2.05) is 4.90 Å². The van der Waals surface area contributed by atoms with Crippen molar-refractivity contribution in [3.05, 3.63) is 70.6 Å². The van der Waals surface area contributed by atoms with Crippen LogP contribution in [-0.2, 0) is 13.5 Å². The van der Waals surface area contributed by atoms with Crippen molar-refractivity contribution in [3.63, 3.8) is 0 Å². The Balaban J connectivity index is 1.46. The molecule has 0 aliphatic carbocycles. The number of piperidine rings is 1. The van der Waals surface area contributed by atoms with Crippen molar-refractivity contribution in [2.24, 2.45) is 7.05 Å². The van der Waals surface area contributed by atoms with E-state index in [9.17, 15) is 18.0 Å². The number of fused-ring (bicyclic) bond motifs is 5. The fraction of sp³-hybridized carbons (Fsp3) is 0.333. The second-order valence-electron chi connectivity index (χ2n) is 8.96. The Bertz CT molecular complexity index is 1450. The van der Waals surface area contributed by atoms with Crippen LogP contribution in [0.3, 0.4) is 0 Å². The number of hydrogen-bond donors (Lipinski definition) is 0. The predicted molar refractivity (Wildman–Crippen MR) is 116 cm³/mol. The summed E-state index contributed by atoms with van der Waals surface area (Å²) in [4.78, 5) is 20.1. The molecule has 10 heteroatoms. The highest BCUT2D eigenvalue weighted by Gasteiger charge is 2.44. The van der Waals surface area contributed by atoms with E-state index >= 15 is 0 Å². The Morgan fingerprint density at radius 2 is 1.88 bits per heavy atom. The van der Waals surface area contributed by atoms with E-state index in [2.05, 4.69) is 15.2 Å². The molecule has 0 spiro atoms. The van der Waals surface area contributed by atoms with E-state index < -0.39 is 17.5 Å². The Morgan fingerprint density at radius 3 is 2.65 bits per heavy atom. The predicted octanol–water partition coefficient (Wildman–Crippen LogP) is 4.15. The molecule has 6 rings (SSSR count). The zero-order valence-electron chi connectivity index (χ0n) is 18.6. The van der Waals surface area contributed by atoms with Crippen molar-refractivity contribution in [1.82, 2.24) is 29.3 Å². The maximum Gasteiger partial charge on any atom is 0.260 e. The highest BCUT2D eigenvalue weighted by atomic mass is 19.2. The largest absolute Gasteiger partial charge is 0.326 e. The van der Waals surface area contributed by atoms with Gasteiger partial charge >= 0.3 is 0 Å². The monoisotopic (exact) mass is 466 g/mol. The lowest BCUT2D eigenvalue weighted by molar-refractivity contribution is 0.0393. The number of rotatable bonds is 2. The van der Waals surface area contributed by atoms with E-state index in [0.29, 0.717) is 34.7 Å². The summed E-state index contributed by atoms with van der Waals surface area (Å²) >= 11 is 0. The Morgan fingerprint density at radius 1 is 1.12 bits per heavy atom. The highest BCUT2D eigenvalue weighted by Crippen LogP contribution is 2.45. The van der Waals surface area contributed by atoms with Gasteiger partial charge < -0.3 is 4.90 Å². The van der Waals surface area contributed by atoms with Crippen molar-refractivity contribution in [3.8, 4) is 11.3 Å². The molecule has 4 aromatic rings. The van der Waals surface area contributed by atoms with Crippen LogP contribution in [0.5, 0.6) is 0 Å². The second-order valence-corrected chi connectivity index (χ2v) is 8.96. The van der Waals surface area contributed by atoms with Crippen LogP contribution in [0.25, 0.3) is 16.9 Å². The van der Waals surface area contributed by atoms with Gasteiger partial charge in [-0.2, -0.15) is 10.2 Å². The normalized spacial score (nSPS) is 19.5. The average molecular weight is 466 g/mol. The molecule has 1 saturated heterocycles. The molecule has 2 aliphatic heterocycles. The standard InChI is InChI=1S/C24H21F3N6O/c1-12-19(23-28-7-4-8-32(23)29-12)24(34)33-14-5-3-6-18(33)21-15(11-14)22(31(2)30-21)13-9-16(25)20(27)17(26)10-13/h4,7-10,14,18H,3,5-6,11H2,1-2H3. The number of aryl methyl sites for hydroxylation is 2. The molecule has 1 amide bonds. The summed E-state index contributed by atoms with van der Waals surface area (Å²) in [5.74, 6) is -4.12. The summed E-state index contributed by atoms with van der Waals surface area (Å²) in [6.07, 6.45) is 6.35. The Kier molecular flexibility index (Phi) is 4.55. The van der Waals surface area contributed by atoms with E-state index in [0.717, 1.165) is 37.0 Å². The van der Waals surface area contributed by atoms with Gasteiger partial charge in [0.05, 0.1) is 23.1 Å². The summed E-state index contributed by atoms with van der Waals surface area (Å²) in [6.45, 7) is 1.80. The van der Waals surface area contributed by atoms with Gasteiger partial charge in [0, 0.05) is 36.6 Å². The van der Waals surface area contributed by atoms with Crippen LogP contribution in [0.4, 0.5) is 13.2 Å². The number of carbonyl (C=O) groups is 1. The summed E-state index contributed by atoms with van der Waals surface area (Å²) < 4.78 is 44.8. The van der Waals surface area contributed by atoms with Gasteiger partial charge in [-0.1, -0.05) is 0 Å². The van der Waals surface area contributed by atoms with Gasteiger partial charge in [-0.3, -0.25) is 9.48 Å².